The Morgan fingerprint density at radius 3 is 2.53 bits per heavy atom. The van der Waals surface area contributed by atoms with Gasteiger partial charge in [0.1, 0.15) is 5.82 Å². The fraction of sp³-hybridized carbons (Fsp3) is 0.292. The van der Waals surface area contributed by atoms with Gasteiger partial charge in [0.05, 0.1) is 18.7 Å². The van der Waals surface area contributed by atoms with Crippen LogP contribution in [-0.4, -0.2) is 25.4 Å². The van der Waals surface area contributed by atoms with E-state index in [9.17, 15) is 14.7 Å². The SMILES string of the molecule is C#CCCn1nc(C(C)CC)n(Cc2ccc(-c3ccccc3C(=O)O)cc2)c1=O. The van der Waals surface area contributed by atoms with Crippen LogP contribution in [0.25, 0.3) is 11.1 Å². The van der Waals surface area contributed by atoms with Gasteiger partial charge >= 0.3 is 11.7 Å². The maximum atomic E-state index is 12.9. The molecule has 3 aromatic rings. The molecule has 0 aliphatic rings. The van der Waals surface area contributed by atoms with Crippen molar-refractivity contribution in [3.05, 3.63) is 76.0 Å². The minimum Gasteiger partial charge on any atom is -0.478 e. The average molecular weight is 403 g/mol. The van der Waals surface area contributed by atoms with Crippen molar-refractivity contribution in [2.24, 2.45) is 0 Å². The van der Waals surface area contributed by atoms with E-state index in [0.29, 0.717) is 25.1 Å². The van der Waals surface area contributed by atoms with E-state index >= 15 is 0 Å². The second kappa shape index (κ2) is 9.27. The predicted molar refractivity (Wildman–Crippen MR) is 117 cm³/mol. The Labute approximate surface area is 175 Å². The molecule has 0 aliphatic carbocycles. The number of aryl methyl sites for hydroxylation is 1. The van der Waals surface area contributed by atoms with E-state index < -0.39 is 5.97 Å². The van der Waals surface area contributed by atoms with Crippen molar-refractivity contribution in [2.45, 2.75) is 45.7 Å². The van der Waals surface area contributed by atoms with Gasteiger partial charge in [-0.1, -0.05) is 56.3 Å². The smallest absolute Gasteiger partial charge is 0.346 e. The van der Waals surface area contributed by atoms with Gasteiger partial charge in [0, 0.05) is 12.3 Å². The molecule has 30 heavy (non-hydrogen) atoms. The van der Waals surface area contributed by atoms with Crippen LogP contribution in [0.2, 0.25) is 0 Å². The zero-order valence-corrected chi connectivity index (χ0v) is 17.2. The van der Waals surface area contributed by atoms with Crippen LogP contribution in [0, 0.1) is 12.3 Å². The minimum absolute atomic E-state index is 0.145. The monoisotopic (exact) mass is 403 g/mol. The highest BCUT2D eigenvalue weighted by molar-refractivity contribution is 5.95. The molecule has 3 rings (SSSR count). The molecule has 0 spiro atoms. The first-order chi connectivity index (χ1) is 14.5. The molecule has 0 saturated heterocycles. The summed E-state index contributed by atoms with van der Waals surface area (Å²) in [6.07, 6.45) is 6.66. The van der Waals surface area contributed by atoms with Gasteiger partial charge in [0.15, 0.2) is 0 Å². The molecule has 0 aliphatic heterocycles. The summed E-state index contributed by atoms with van der Waals surface area (Å²) >= 11 is 0. The van der Waals surface area contributed by atoms with E-state index in [1.165, 1.54) is 4.68 Å². The standard InChI is InChI=1S/C24H25N3O3/c1-4-6-15-27-24(30)26(22(25-27)17(3)5-2)16-18-11-13-19(14-12-18)20-9-7-8-10-21(20)23(28)29/h1,7-14,17H,5-6,15-16H2,2-3H3,(H,28,29). The number of carboxylic acids is 1. The van der Waals surface area contributed by atoms with Gasteiger partial charge in [-0.15, -0.1) is 12.3 Å². The maximum Gasteiger partial charge on any atom is 0.346 e. The number of nitrogens with zero attached hydrogens (tertiary/aromatic N) is 3. The summed E-state index contributed by atoms with van der Waals surface area (Å²) in [5.41, 5.74) is 2.51. The van der Waals surface area contributed by atoms with Gasteiger partial charge in [-0.25, -0.2) is 14.3 Å². The van der Waals surface area contributed by atoms with Gasteiger partial charge in [0.2, 0.25) is 0 Å². The van der Waals surface area contributed by atoms with Gasteiger partial charge in [-0.3, -0.25) is 4.57 Å². The summed E-state index contributed by atoms with van der Waals surface area (Å²) in [6.45, 7) is 4.91. The van der Waals surface area contributed by atoms with Crippen molar-refractivity contribution in [3.63, 3.8) is 0 Å². The number of aromatic carboxylic acids is 1. The molecule has 1 aromatic heterocycles. The Bertz CT molecular complexity index is 1130. The highest BCUT2D eigenvalue weighted by Gasteiger charge is 2.18. The third-order valence-corrected chi connectivity index (χ3v) is 5.24. The lowest BCUT2D eigenvalue weighted by Gasteiger charge is -2.11. The number of carbonyl (C=O) groups is 1. The van der Waals surface area contributed by atoms with Gasteiger partial charge in [0.25, 0.3) is 0 Å². The third kappa shape index (κ3) is 4.36. The molecule has 0 fully saturated rings. The Morgan fingerprint density at radius 2 is 1.90 bits per heavy atom. The van der Waals surface area contributed by atoms with Crippen LogP contribution in [0.3, 0.4) is 0 Å². The first-order valence-electron chi connectivity index (χ1n) is 9.98. The molecule has 1 unspecified atom stereocenters. The summed E-state index contributed by atoms with van der Waals surface area (Å²) in [5.74, 6) is 2.48. The predicted octanol–water partition coefficient (Wildman–Crippen LogP) is 4.00. The fourth-order valence-electron chi connectivity index (χ4n) is 3.36. The molecule has 1 atom stereocenters. The molecular formula is C24H25N3O3. The third-order valence-electron chi connectivity index (χ3n) is 5.24. The molecule has 0 bridgehead atoms. The summed E-state index contributed by atoms with van der Waals surface area (Å²) in [4.78, 5) is 24.3. The fourth-order valence-corrected chi connectivity index (χ4v) is 3.36. The molecule has 1 heterocycles. The summed E-state index contributed by atoms with van der Waals surface area (Å²) < 4.78 is 3.14. The first kappa shape index (κ1) is 21.1. The summed E-state index contributed by atoms with van der Waals surface area (Å²) in [7, 11) is 0. The number of hydrogen-bond donors (Lipinski definition) is 1. The highest BCUT2D eigenvalue weighted by atomic mass is 16.4. The normalized spacial score (nSPS) is 11.8. The number of terminal acetylenes is 1. The van der Waals surface area contributed by atoms with Crippen molar-refractivity contribution in [3.8, 4) is 23.5 Å². The van der Waals surface area contributed by atoms with E-state index in [1.54, 1.807) is 22.8 Å². The Kier molecular flexibility index (Phi) is 6.53. The van der Waals surface area contributed by atoms with Crippen molar-refractivity contribution < 1.29 is 9.90 Å². The minimum atomic E-state index is -0.959. The van der Waals surface area contributed by atoms with Crippen molar-refractivity contribution in [1.82, 2.24) is 14.3 Å². The van der Waals surface area contributed by atoms with E-state index in [2.05, 4.69) is 24.9 Å². The van der Waals surface area contributed by atoms with Crippen LogP contribution in [-0.2, 0) is 13.1 Å². The molecule has 2 aromatic carbocycles. The van der Waals surface area contributed by atoms with E-state index in [0.717, 1.165) is 23.4 Å². The quantitative estimate of drug-likeness (QED) is 0.577. The zero-order valence-electron chi connectivity index (χ0n) is 17.2. The number of benzene rings is 2. The zero-order chi connectivity index (χ0) is 21.7. The van der Waals surface area contributed by atoms with Crippen LogP contribution < -0.4 is 5.69 Å². The summed E-state index contributed by atoms with van der Waals surface area (Å²) in [5, 5.41) is 13.9. The maximum absolute atomic E-state index is 12.9. The number of hydrogen-bond acceptors (Lipinski definition) is 3. The topological polar surface area (TPSA) is 77.1 Å². The molecule has 0 radical (unpaired) electrons. The lowest BCUT2D eigenvalue weighted by Crippen LogP contribution is -2.26. The Balaban J connectivity index is 1.92. The van der Waals surface area contributed by atoms with Crippen LogP contribution in [0.5, 0.6) is 0 Å². The molecule has 154 valence electrons. The van der Waals surface area contributed by atoms with E-state index in [4.69, 9.17) is 6.42 Å². The molecule has 6 heteroatoms. The molecular weight excluding hydrogens is 378 g/mol. The van der Waals surface area contributed by atoms with Gasteiger partial charge in [-0.05, 0) is 29.2 Å². The molecule has 1 N–H and O–H groups in total. The van der Waals surface area contributed by atoms with E-state index in [1.807, 2.05) is 30.3 Å². The van der Waals surface area contributed by atoms with Crippen LogP contribution in [0.15, 0.2) is 53.3 Å². The second-order valence-corrected chi connectivity index (χ2v) is 7.26. The van der Waals surface area contributed by atoms with Crippen LogP contribution in [0.4, 0.5) is 0 Å². The summed E-state index contributed by atoms with van der Waals surface area (Å²) in [6, 6.07) is 14.5. The molecule has 0 amide bonds. The number of aromatic nitrogens is 3. The van der Waals surface area contributed by atoms with E-state index in [-0.39, 0.29) is 17.2 Å². The number of carboxylic acid groups (broad SMARTS) is 1. The van der Waals surface area contributed by atoms with Crippen LogP contribution in [0.1, 0.15) is 54.4 Å². The van der Waals surface area contributed by atoms with Crippen molar-refractivity contribution in [1.29, 1.82) is 0 Å². The first-order valence-corrected chi connectivity index (χ1v) is 9.98. The van der Waals surface area contributed by atoms with Crippen LogP contribution >= 0.6 is 0 Å². The average Bonchev–Trinajstić information content (AvgIpc) is 3.07. The van der Waals surface area contributed by atoms with Gasteiger partial charge < -0.3 is 5.11 Å². The highest BCUT2D eigenvalue weighted by Crippen LogP contribution is 2.24. The largest absolute Gasteiger partial charge is 0.478 e. The lowest BCUT2D eigenvalue weighted by atomic mass is 9.98. The molecule has 6 nitrogen and oxygen atoms in total. The Morgan fingerprint density at radius 1 is 1.20 bits per heavy atom. The Hall–Kier alpha value is -3.59. The van der Waals surface area contributed by atoms with Crippen molar-refractivity contribution in [2.75, 3.05) is 0 Å². The lowest BCUT2D eigenvalue weighted by molar-refractivity contribution is 0.0697. The van der Waals surface area contributed by atoms with Gasteiger partial charge in [-0.2, -0.15) is 5.10 Å². The number of rotatable bonds is 8. The van der Waals surface area contributed by atoms with Crippen molar-refractivity contribution >= 4 is 5.97 Å². The molecule has 0 saturated carbocycles. The second-order valence-electron chi connectivity index (χ2n) is 7.26.